The zero-order valence-corrected chi connectivity index (χ0v) is 11.3. The van der Waals surface area contributed by atoms with E-state index in [4.69, 9.17) is 5.73 Å². The van der Waals surface area contributed by atoms with E-state index in [1.165, 1.54) is 0 Å². The number of fused-ring (bicyclic) bond motifs is 1. The summed E-state index contributed by atoms with van der Waals surface area (Å²) >= 11 is 3.62. The van der Waals surface area contributed by atoms with Crippen molar-refractivity contribution in [2.24, 2.45) is 5.73 Å². The molecular weight excluding hydrogens is 266 g/mol. The third-order valence-electron chi connectivity index (χ3n) is 2.68. The fourth-order valence-corrected chi connectivity index (χ4v) is 2.78. The van der Waals surface area contributed by atoms with Crippen LogP contribution in [0.2, 0.25) is 0 Å². The molecule has 0 saturated carbocycles. The molecule has 0 radical (unpaired) electrons. The molecule has 1 aromatic heterocycles. The molecule has 0 bridgehead atoms. The summed E-state index contributed by atoms with van der Waals surface area (Å²) in [5, 5.41) is 5.70. The number of nitrogens with zero attached hydrogens (tertiary/aromatic N) is 2. The SMILES string of the molecule is CC(N)c1cccc2nn(C(C)C)c(Br)c12. The Morgan fingerprint density at radius 1 is 1.31 bits per heavy atom. The first kappa shape index (κ1) is 11.6. The molecule has 2 N–H and O–H groups in total. The summed E-state index contributed by atoms with van der Waals surface area (Å²) in [6.07, 6.45) is 0. The smallest absolute Gasteiger partial charge is 0.112 e. The maximum Gasteiger partial charge on any atom is 0.112 e. The molecule has 0 amide bonds. The average molecular weight is 282 g/mol. The molecule has 3 nitrogen and oxygen atoms in total. The molecule has 1 heterocycles. The lowest BCUT2D eigenvalue weighted by Crippen LogP contribution is -2.05. The summed E-state index contributed by atoms with van der Waals surface area (Å²) in [6, 6.07) is 6.44. The van der Waals surface area contributed by atoms with Gasteiger partial charge in [0.25, 0.3) is 0 Å². The summed E-state index contributed by atoms with van der Waals surface area (Å²) in [4.78, 5) is 0. The van der Waals surface area contributed by atoms with Crippen LogP contribution in [0.25, 0.3) is 10.9 Å². The van der Waals surface area contributed by atoms with Crippen LogP contribution in [0.4, 0.5) is 0 Å². The van der Waals surface area contributed by atoms with Gasteiger partial charge in [-0.25, -0.2) is 0 Å². The number of halogens is 1. The fraction of sp³-hybridized carbons (Fsp3) is 0.417. The van der Waals surface area contributed by atoms with E-state index in [-0.39, 0.29) is 6.04 Å². The maximum absolute atomic E-state index is 5.98. The van der Waals surface area contributed by atoms with Gasteiger partial charge in [-0.3, -0.25) is 4.68 Å². The Morgan fingerprint density at radius 2 is 2.00 bits per heavy atom. The van der Waals surface area contributed by atoms with Crippen LogP contribution in [0.3, 0.4) is 0 Å². The van der Waals surface area contributed by atoms with Gasteiger partial charge in [0.15, 0.2) is 0 Å². The normalized spacial score (nSPS) is 13.6. The van der Waals surface area contributed by atoms with Crippen LogP contribution in [0, 0.1) is 0 Å². The largest absolute Gasteiger partial charge is 0.324 e. The van der Waals surface area contributed by atoms with Crippen molar-refractivity contribution in [2.45, 2.75) is 32.9 Å². The Balaban J connectivity index is 2.77. The van der Waals surface area contributed by atoms with Gasteiger partial charge in [0.2, 0.25) is 0 Å². The van der Waals surface area contributed by atoms with Crippen LogP contribution in [0.15, 0.2) is 22.8 Å². The average Bonchev–Trinajstić information content (AvgIpc) is 2.56. The number of nitrogens with two attached hydrogens (primary N) is 1. The van der Waals surface area contributed by atoms with Gasteiger partial charge >= 0.3 is 0 Å². The molecule has 0 fully saturated rings. The monoisotopic (exact) mass is 281 g/mol. The predicted molar refractivity (Wildman–Crippen MR) is 70.4 cm³/mol. The molecule has 2 rings (SSSR count). The van der Waals surface area contributed by atoms with E-state index in [0.29, 0.717) is 6.04 Å². The van der Waals surface area contributed by atoms with Crippen LogP contribution in [0.1, 0.15) is 38.4 Å². The van der Waals surface area contributed by atoms with E-state index in [2.05, 4.69) is 40.9 Å². The third-order valence-corrected chi connectivity index (χ3v) is 3.44. The van der Waals surface area contributed by atoms with Crippen molar-refractivity contribution < 1.29 is 0 Å². The molecule has 4 heteroatoms. The van der Waals surface area contributed by atoms with Crippen molar-refractivity contribution in [2.75, 3.05) is 0 Å². The number of hydrogen-bond donors (Lipinski definition) is 1. The zero-order chi connectivity index (χ0) is 11.9. The standard InChI is InChI=1S/C12H16BrN3/c1-7(2)16-12(13)11-9(8(3)14)5-4-6-10(11)15-16/h4-8H,14H2,1-3H3. The summed E-state index contributed by atoms with van der Waals surface area (Å²) < 4.78 is 3.00. The second-order valence-electron chi connectivity index (χ2n) is 4.36. The van der Waals surface area contributed by atoms with Gasteiger partial charge < -0.3 is 5.73 Å². The van der Waals surface area contributed by atoms with Crippen molar-refractivity contribution in [3.05, 3.63) is 28.4 Å². The van der Waals surface area contributed by atoms with Crippen LogP contribution < -0.4 is 5.73 Å². The summed E-state index contributed by atoms with van der Waals surface area (Å²) in [7, 11) is 0. The Hall–Kier alpha value is -0.870. The van der Waals surface area contributed by atoms with Gasteiger partial charge in [-0.2, -0.15) is 5.10 Å². The molecule has 1 atom stereocenters. The molecule has 0 aliphatic carbocycles. The van der Waals surface area contributed by atoms with Gasteiger partial charge in [-0.1, -0.05) is 12.1 Å². The third kappa shape index (κ3) is 1.76. The number of rotatable bonds is 2. The Bertz CT molecular complexity index is 514. The fourth-order valence-electron chi connectivity index (χ4n) is 1.86. The van der Waals surface area contributed by atoms with Crippen LogP contribution >= 0.6 is 15.9 Å². The van der Waals surface area contributed by atoms with Gasteiger partial charge in [0, 0.05) is 17.5 Å². The lowest BCUT2D eigenvalue weighted by molar-refractivity contribution is 0.527. The van der Waals surface area contributed by atoms with Gasteiger partial charge in [0.05, 0.1) is 5.52 Å². The highest BCUT2D eigenvalue weighted by molar-refractivity contribution is 9.10. The predicted octanol–water partition coefficient (Wildman–Crippen LogP) is 3.40. The van der Waals surface area contributed by atoms with E-state index < -0.39 is 0 Å². The van der Waals surface area contributed by atoms with Gasteiger partial charge in [0.1, 0.15) is 4.60 Å². The Kier molecular flexibility index (Phi) is 3.04. The van der Waals surface area contributed by atoms with Crippen molar-refractivity contribution in [1.82, 2.24) is 9.78 Å². The maximum atomic E-state index is 5.98. The second-order valence-corrected chi connectivity index (χ2v) is 5.11. The molecule has 0 spiro atoms. The first-order chi connectivity index (χ1) is 7.52. The molecule has 0 aliphatic heterocycles. The van der Waals surface area contributed by atoms with Gasteiger partial charge in [-0.15, -0.1) is 0 Å². The molecule has 0 saturated heterocycles. The second kappa shape index (κ2) is 4.18. The zero-order valence-electron chi connectivity index (χ0n) is 9.74. The summed E-state index contributed by atoms with van der Waals surface area (Å²) in [5.74, 6) is 0. The quantitative estimate of drug-likeness (QED) is 0.917. The topological polar surface area (TPSA) is 43.8 Å². The van der Waals surface area contributed by atoms with Crippen LogP contribution in [-0.4, -0.2) is 9.78 Å². The molecule has 1 aromatic carbocycles. The van der Waals surface area contributed by atoms with E-state index in [0.717, 1.165) is 21.1 Å². The summed E-state index contributed by atoms with van der Waals surface area (Å²) in [5.41, 5.74) is 8.11. The minimum atomic E-state index is 0.0183. The van der Waals surface area contributed by atoms with E-state index in [1.54, 1.807) is 0 Å². The lowest BCUT2D eigenvalue weighted by Gasteiger charge is -2.08. The first-order valence-corrected chi connectivity index (χ1v) is 6.24. The van der Waals surface area contributed by atoms with Crippen molar-refractivity contribution >= 4 is 26.8 Å². The number of hydrogen-bond acceptors (Lipinski definition) is 2. The Morgan fingerprint density at radius 3 is 2.56 bits per heavy atom. The molecular formula is C12H16BrN3. The van der Waals surface area contributed by atoms with E-state index in [9.17, 15) is 0 Å². The van der Waals surface area contributed by atoms with Crippen molar-refractivity contribution in [1.29, 1.82) is 0 Å². The molecule has 2 aromatic rings. The molecule has 1 unspecified atom stereocenters. The minimum absolute atomic E-state index is 0.0183. The molecule has 16 heavy (non-hydrogen) atoms. The number of benzene rings is 1. The molecule has 86 valence electrons. The van der Waals surface area contributed by atoms with Crippen LogP contribution in [0.5, 0.6) is 0 Å². The first-order valence-electron chi connectivity index (χ1n) is 5.44. The number of aromatic nitrogens is 2. The highest BCUT2D eigenvalue weighted by Gasteiger charge is 2.15. The van der Waals surface area contributed by atoms with E-state index >= 15 is 0 Å². The highest BCUT2D eigenvalue weighted by Crippen LogP contribution is 2.31. The Labute approximate surface area is 104 Å². The van der Waals surface area contributed by atoms with E-state index in [1.807, 2.05) is 23.7 Å². The van der Waals surface area contributed by atoms with Crippen molar-refractivity contribution in [3.63, 3.8) is 0 Å². The van der Waals surface area contributed by atoms with Crippen LogP contribution in [-0.2, 0) is 0 Å². The lowest BCUT2D eigenvalue weighted by atomic mass is 10.1. The minimum Gasteiger partial charge on any atom is -0.324 e. The molecule has 0 aliphatic rings. The van der Waals surface area contributed by atoms with Crippen molar-refractivity contribution in [3.8, 4) is 0 Å². The van der Waals surface area contributed by atoms with Gasteiger partial charge in [-0.05, 0) is 48.3 Å². The summed E-state index contributed by atoms with van der Waals surface area (Å²) in [6.45, 7) is 6.22. The highest BCUT2D eigenvalue weighted by atomic mass is 79.9.